The first-order valence-corrected chi connectivity index (χ1v) is 8.40. The topological polar surface area (TPSA) is 108 Å². The average molecular weight is 421 g/mol. The summed E-state index contributed by atoms with van der Waals surface area (Å²) in [6.07, 6.45) is 1.45. The third-order valence-electron chi connectivity index (χ3n) is 3.33. The molecule has 0 unspecified atom stereocenters. The molecule has 136 valence electrons. The number of carbonyl (C=O) groups excluding carboxylic acids is 2. The molecule has 0 aromatic heterocycles. The number of hydroxylamine groups is 1. The fourth-order valence-electron chi connectivity index (χ4n) is 2.09. The minimum atomic E-state index is -0.686. The molecule has 0 aliphatic heterocycles. The second-order valence-electron chi connectivity index (χ2n) is 5.23. The molecule has 0 saturated carbocycles. The van der Waals surface area contributed by atoms with E-state index in [9.17, 15) is 14.7 Å². The largest absolute Gasteiger partial charge is 0.508 e. The van der Waals surface area contributed by atoms with Gasteiger partial charge in [0.1, 0.15) is 11.9 Å². The molecule has 0 heterocycles. The number of nitrogens with one attached hydrogen (secondary N) is 2. The van der Waals surface area contributed by atoms with Crippen molar-refractivity contribution in [3.63, 3.8) is 0 Å². The highest BCUT2D eigenvalue weighted by Crippen LogP contribution is 2.25. The molecule has 0 fully saturated rings. The molecule has 0 spiro atoms. The molecule has 2 amide bonds. The van der Waals surface area contributed by atoms with E-state index in [4.69, 9.17) is 9.94 Å². The number of phenols is 1. The quantitative estimate of drug-likeness (QED) is 0.322. The number of ether oxygens (including phenoxy) is 1. The molecule has 26 heavy (non-hydrogen) atoms. The van der Waals surface area contributed by atoms with Crippen LogP contribution in [0, 0.1) is 0 Å². The Morgan fingerprint density at radius 2 is 1.77 bits per heavy atom. The third kappa shape index (κ3) is 6.23. The van der Waals surface area contributed by atoms with Crippen LogP contribution in [-0.2, 0) is 9.53 Å². The van der Waals surface area contributed by atoms with Crippen molar-refractivity contribution in [1.29, 1.82) is 0 Å². The van der Waals surface area contributed by atoms with Crippen molar-refractivity contribution in [3.05, 3.63) is 70.7 Å². The maximum atomic E-state index is 12.2. The highest BCUT2D eigenvalue weighted by Gasteiger charge is 2.16. The Morgan fingerprint density at radius 3 is 2.38 bits per heavy atom. The predicted molar refractivity (Wildman–Crippen MR) is 98.8 cm³/mol. The van der Waals surface area contributed by atoms with Crippen LogP contribution in [0.3, 0.4) is 0 Å². The number of amides is 2. The second-order valence-corrected chi connectivity index (χ2v) is 6.15. The number of carbonyl (C=O) groups is 2. The van der Waals surface area contributed by atoms with Gasteiger partial charge in [-0.05, 0) is 42.0 Å². The van der Waals surface area contributed by atoms with Crippen molar-refractivity contribution in [2.24, 2.45) is 0 Å². The minimum Gasteiger partial charge on any atom is -0.508 e. The Labute approximate surface area is 158 Å². The zero-order valence-corrected chi connectivity index (χ0v) is 15.1. The molecule has 0 aliphatic carbocycles. The SMILES string of the molecule is O=C(/C=C/C[C@H](OC(=O)Nc1ccc(Br)cc1)c1ccc(O)cc1)NO. The molecule has 2 rings (SSSR count). The first-order chi connectivity index (χ1) is 12.5. The lowest BCUT2D eigenvalue weighted by molar-refractivity contribution is -0.124. The summed E-state index contributed by atoms with van der Waals surface area (Å²) in [5.74, 6) is -0.601. The normalized spacial score (nSPS) is 11.8. The predicted octanol–water partition coefficient (Wildman–Crippen LogP) is 3.90. The van der Waals surface area contributed by atoms with Gasteiger partial charge in [-0.2, -0.15) is 0 Å². The first kappa shape index (κ1) is 19.5. The van der Waals surface area contributed by atoms with Gasteiger partial charge in [-0.3, -0.25) is 15.3 Å². The summed E-state index contributed by atoms with van der Waals surface area (Å²) in [5.41, 5.74) is 2.69. The molecular formula is C18H17BrN2O5. The van der Waals surface area contributed by atoms with Crippen molar-refractivity contribution in [2.75, 3.05) is 5.32 Å². The van der Waals surface area contributed by atoms with Gasteiger partial charge in [-0.1, -0.05) is 34.1 Å². The molecule has 2 aromatic rings. The fourth-order valence-corrected chi connectivity index (χ4v) is 2.35. The summed E-state index contributed by atoms with van der Waals surface area (Å²) in [6, 6.07) is 13.2. The van der Waals surface area contributed by atoms with E-state index in [1.807, 2.05) is 0 Å². The van der Waals surface area contributed by atoms with Crippen LogP contribution in [0.1, 0.15) is 18.1 Å². The van der Waals surface area contributed by atoms with Crippen molar-refractivity contribution in [3.8, 4) is 5.75 Å². The van der Waals surface area contributed by atoms with Gasteiger partial charge in [-0.15, -0.1) is 0 Å². The Bertz CT molecular complexity index is 775. The fraction of sp³-hybridized carbons (Fsp3) is 0.111. The van der Waals surface area contributed by atoms with E-state index in [0.29, 0.717) is 11.3 Å². The van der Waals surface area contributed by atoms with Gasteiger partial charge in [-0.25, -0.2) is 10.3 Å². The lowest BCUT2D eigenvalue weighted by Gasteiger charge is -2.17. The summed E-state index contributed by atoms with van der Waals surface area (Å²) >= 11 is 3.31. The second kappa shape index (κ2) is 9.59. The summed E-state index contributed by atoms with van der Waals surface area (Å²) in [4.78, 5) is 23.2. The lowest BCUT2D eigenvalue weighted by atomic mass is 10.1. The summed E-state index contributed by atoms with van der Waals surface area (Å²) < 4.78 is 6.32. The first-order valence-electron chi connectivity index (χ1n) is 7.60. The Kier molecular flexibility index (Phi) is 7.19. The standard InChI is InChI=1S/C18H17BrN2O5/c19-13-6-8-14(9-7-13)20-18(24)26-16(2-1-3-17(23)21-25)12-4-10-15(22)11-5-12/h1,3-11,16,22,25H,2H2,(H,20,24)(H,21,23)/b3-1+/t16-/m0/s1. The molecule has 0 aliphatic rings. The van der Waals surface area contributed by atoms with E-state index in [0.717, 1.165) is 10.5 Å². The van der Waals surface area contributed by atoms with Crippen molar-refractivity contribution in [2.45, 2.75) is 12.5 Å². The maximum Gasteiger partial charge on any atom is 0.412 e. The molecule has 2 aromatic carbocycles. The van der Waals surface area contributed by atoms with Crippen LogP contribution in [0.25, 0.3) is 0 Å². The zero-order chi connectivity index (χ0) is 18.9. The van der Waals surface area contributed by atoms with Gasteiger partial charge in [0.25, 0.3) is 5.91 Å². The zero-order valence-electron chi connectivity index (χ0n) is 13.6. The van der Waals surface area contributed by atoms with Crippen LogP contribution in [0.15, 0.2) is 65.2 Å². The number of rotatable bonds is 6. The molecular weight excluding hydrogens is 404 g/mol. The Hall–Kier alpha value is -2.84. The van der Waals surface area contributed by atoms with Gasteiger partial charge < -0.3 is 9.84 Å². The van der Waals surface area contributed by atoms with E-state index in [1.54, 1.807) is 36.4 Å². The number of aromatic hydroxyl groups is 1. The molecule has 7 nitrogen and oxygen atoms in total. The van der Waals surface area contributed by atoms with Crippen molar-refractivity contribution >= 4 is 33.6 Å². The molecule has 1 atom stereocenters. The molecule has 4 N–H and O–H groups in total. The lowest BCUT2D eigenvalue weighted by Crippen LogP contribution is -2.18. The number of benzene rings is 2. The monoisotopic (exact) mass is 420 g/mol. The number of hydrogen-bond acceptors (Lipinski definition) is 5. The van der Waals surface area contributed by atoms with E-state index >= 15 is 0 Å². The van der Waals surface area contributed by atoms with Crippen LogP contribution in [-0.4, -0.2) is 22.3 Å². The Balaban J connectivity index is 2.07. The van der Waals surface area contributed by atoms with Gasteiger partial charge in [0, 0.05) is 22.7 Å². The Morgan fingerprint density at radius 1 is 1.12 bits per heavy atom. The number of hydrogen-bond donors (Lipinski definition) is 4. The van der Waals surface area contributed by atoms with Crippen LogP contribution in [0.5, 0.6) is 5.75 Å². The van der Waals surface area contributed by atoms with Crippen LogP contribution in [0.2, 0.25) is 0 Å². The van der Waals surface area contributed by atoms with E-state index < -0.39 is 18.1 Å². The highest BCUT2D eigenvalue weighted by molar-refractivity contribution is 9.10. The van der Waals surface area contributed by atoms with Crippen LogP contribution in [0.4, 0.5) is 10.5 Å². The third-order valence-corrected chi connectivity index (χ3v) is 3.86. The summed E-state index contributed by atoms with van der Waals surface area (Å²) in [6.45, 7) is 0. The summed E-state index contributed by atoms with van der Waals surface area (Å²) in [5, 5.41) is 20.5. The van der Waals surface area contributed by atoms with Gasteiger partial charge in [0.05, 0.1) is 0 Å². The van der Waals surface area contributed by atoms with Gasteiger partial charge in [0.2, 0.25) is 0 Å². The smallest absolute Gasteiger partial charge is 0.412 e. The van der Waals surface area contributed by atoms with Crippen molar-refractivity contribution < 1.29 is 24.6 Å². The molecule has 0 bridgehead atoms. The number of phenolic OH excluding ortho intramolecular Hbond substituents is 1. The van der Waals surface area contributed by atoms with Gasteiger partial charge in [0.15, 0.2) is 0 Å². The van der Waals surface area contributed by atoms with Crippen LogP contribution >= 0.6 is 15.9 Å². The van der Waals surface area contributed by atoms with Crippen LogP contribution < -0.4 is 10.8 Å². The van der Waals surface area contributed by atoms with E-state index in [-0.39, 0.29) is 12.2 Å². The molecule has 8 heteroatoms. The number of halogens is 1. The summed E-state index contributed by atoms with van der Waals surface area (Å²) in [7, 11) is 0. The van der Waals surface area contributed by atoms with Crippen molar-refractivity contribution in [1.82, 2.24) is 5.48 Å². The molecule has 0 radical (unpaired) electrons. The average Bonchev–Trinajstić information content (AvgIpc) is 2.63. The van der Waals surface area contributed by atoms with E-state index in [1.165, 1.54) is 23.7 Å². The van der Waals surface area contributed by atoms with E-state index in [2.05, 4.69) is 21.2 Å². The maximum absolute atomic E-state index is 12.2. The van der Waals surface area contributed by atoms with Gasteiger partial charge >= 0.3 is 6.09 Å². The molecule has 0 saturated heterocycles. The highest BCUT2D eigenvalue weighted by atomic mass is 79.9. The number of anilines is 1. The minimum absolute atomic E-state index is 0.0852.